The Morgan fingerprint density at radius 1 is 1.00 bits per heavy atom. The summed E-state index contributed by atoms with van der Waals surface area (Å²) in [6.07, 6.45) is 1.88. The lowest BCUT2D eigenvalue weighted by molar-refractivity contribution is -0.902. The van der Waals surface area contributed by atoms with Gasteiger partial charge in [0.1, 0.15) is 12.4 Å². The van der Waals surface area contributed by atoms with Gasteiger partial charge in [-0.05, 0) is 37.1 Å². The highest BCUT2D eigenvalue weighted by molar-refractivity contribution is 6.03. The molecular weight excluding hydrogens is 436 g/mol. The summed E-state index contributed by atoms with van der Waals surface area (Å²) in [5.74, 6) is -0.625. The maximum Gasteiger partial charge on any atom is 0.362 e. The normalized spacial score (nSPS) is 14.3. The number of aryl methyl sites for hydroxylation is 1. The quantitative estimate of drug-likeness (QED) is 0.423. The first kappa shape index (κ1) is 25.2. The van der Waals surface area contributed by atoms with Crippen molar-refractivity contribution in [2.24, 2.45) is 0 Å². The van der Waals surface area contributed by atoms with Gasteiger partial charge in [0, 0.05) is 12.8 Å². The summed E-state index contributed by atoms with van der Waals surface area (Å²) in [6.45, 7) is 5.64. The number of likely N-dealkylation sites (tertiary alicyclic amines) is 1. The zero-order valence-electron chi connectivity index (χ0n) is 20.1. The van der Waals surface area contributed by atoms with Crippen LogP contribution in [0.3, 0.4) is 0 Å². The Morgan fingerprint density at radius 3 is 2.35 bits per heavy atom. The Bertz CT molecular complexity index is 1020. The minimum absolute atomic E-state index is 0.119. The van der Waals surface area contributed by atoms with E-state index in [1.54, 1.807) is 26.0 Å². The van der Waals surface area contributed by atoms with E-state index >= 15 is 0 Å². The first-order chi connectivity index (χ1) is 16.4. The van der Waals surface area contributed by atoms with Gasteiger partial charge in [0.15, 0.2) is 13.1 Å². The summed E-state index contributed by atoms with van der Waals surface area (Å²) in [7, 11) is 1.51. The number of methoxy groups -OCH3 is 1. The number of esters is 2. The van der Waals surface area contributed by atoms with Gasteiger partial charge in [-0.2, -0.15) is 0 Å². The van der Waals surface area contributed by atoms with Crippen LogP contribution >= 0.6 is 0 Å². The van der Waals surface area contributed by atoms with E-state index in [0.29, 0.717) is 21.5 Å². The number of nitrogens with zero attached hydrogens (tertiary/aromatic N) is 1. The molecule has 1 N–H and O–H groups in total. The predicted molar refractivity (Wildman–Crippen MR) is 128 cm³/mol. The lowest BCUT2D eigenvalue weighted by Crippen LogP contribution is -2.53. The summed E-state index contributed by atoms with van der Waals surface area (Å²) < 4.78 is 16.2. The SMILES string of the molecule is CCOC(=O)c1cc(OC)cc(C)c1NC(=O)C[N+]1(CC(=O)OCc2ccccc2)CCCC1. The number of nitrogens with one attached hydrogen (secondary N) is 1. The van der Waals surface area contributed by atoms with Crippen LogP contribution in [0.15, 0.2) is 42.5 Å². The number of hydrogen-bond donors (Lipinski definition) is 1. The van der Waals surface area contributed by atoms with Crippen molar-refractivity contribution in [1.82, 2.24) is 0 Å². The van der Waals surface area contributed by atoms with Gasteiger partial charge in [-0.1, -0.05) is 30.3 Å². The number of carbonyl (C=O) groups excluding carboxylic acids is 3. The lowest BCUT2D eigenvalue weighted by Gasteiger charge is -2.32. The van der Waals surface area contributed by atoms with Gasteiger partial charge in [0.2, 0.25) is 0 Å². The predicted octanol–water partition coefficient (Wildman–Crippen LogP) is 3.47. The Hall–Kier alpha value is -3.39. The molecule has 1 fully saturated rings. The monoisotopic (exact) mass is 469 g/mol. The zero-order chi connectivity index (χ0) is 24.6. The molecule has 1 saturated heterocycles. The maximum atomic E-state index is 13.1. The van der Waals surface area contributed by atoms with Crippen LogP contribution in [0.4, 0.5) is 5.69 Å². The van der Waals surface area contributed by atoms with E-state index in [1.165, 1.54) is 7.11 Å². The van der Waals surface area contributed by atoms with Crippen molar-refractivity contribution in [3.05, 3.63) is 59.2 Å². The van der Waals surface area contributed by atoms with Crippen LogP contribution in [0.5, 0.6) is 5.75 Å². The fraction of sp³-hybridized carbons (Fsp3) is 0.423. The van der Waals surface area contributed by atoms with Crippen molar-refractivity contribution in [3.63, 3.8) is 0 Å². The Morgan fingerprint density at radius 2 is 1.71 bits per heavy atom. The topological polar surface area (TPSA) is 90.9 Å². The van der Waals surface area contributed by atoms with E-state index in [2.05, 4.69) is 5.32 Å². The van der Waals surface area contributed by atoms with Gasteiger partial charge in [0.05, 0.1) is 38.1 Å². The smallest absolute Gasteiger partial charge is 0.362 e. The molecule has 34 heavy (non-hydrogen) atoms. The zero-order valence-corrected chi connectivity index (χ0v) is 20.1. The third-order valence-electron chi connectivity index (χ3n) is 6.01. The summed E-state index contributed by atoms with van der Waals surface area (Å²) >= 11 is 0. The minimum atomic E-state index is -0.533. The number of hydrogen-bond acceptors (Lipinski definition) is 6. The van der Waals surface area contributed by atoms with E-state index in [-0.39, 0.29) is 43.7 Å². The Kier molecular flexibility index (Phi) is 8.65. The first-order valence-electron chi connectivity index (χ1n) is 11.6. The highest BCUT2D eigenvalue weighted by Crippen LogP contribution is 2.28. The van der Waals surface area contributed by atoms with Gasteiger partial charge in [0.25, 0.3) is 5.91 Å². The molecule has 0 bridgehead atoms. The molecule has 1 aliphatic rings. The van der Waals surface area contributed by atoms with Crippen LogP contribution in [-0.2, 0) is 25.7 Å². The summed E-state index contributed by atoms with van der Waals surface area (Å²) in [5, 5.41) is 2.89. The molecule has 0 unspecified atom stereocenters. The number of amides is 1. The van der Waals surface area contributed by atoms with E-state index < -0.39 is 5.97 Å². The molecule has 3 rings (SSSR count). The van der Waals surface area contributed by atoms with Crippen LogP contribution in [0.1, 0.15) is 41.3 Å². The van der Waals surface area contributed by atoms with Crippen LogP contribution in [0, 0.1) is 6.92 Å². The molecule has 0 spiro atoms. The van der Waals surface area contributed by atoms with Gasteiger partial charge >= 0.3 is 11.9 Å². The second-order valence-electron chi connectivity index (χ2n) is 8.59. The fourth-order valence-electron chi connectivity index (χ4n) is 4.33. The highest BCUT2D eigenvalue weighted by Gasteiger charge is 2.37. The van der Waals surface area contributed by atoms with Crippen molar-refractivity contribution < 1.29 is 33.1 Å². The second-order valence-corrected chi connectivity index (χ2v) is 8.59. The average Bonchev–Trinajstić information content (AvgIpc) is 3.27. The molecule has 2 aromatic carbocycles. The first-order valence-corrected chi connectivity index (χ1v) is 11.6. The molecule has 0 aromatic heterocycles. The number of anilines is 1. The van der Waals surface area contributed by atoms with E-state index in [1.807, 2.05) is 30.3 Å². The van der Waals surface area contributed by atoms with Crippen LogP contribution in [-0.4, -0.2) is 62.2 Å². The van der Waals surface area contributed by atoms with Gasteiger partial charge in [-0.3, -0.25) is 4.79 Å². The summed E-state index contributed by atoms with van der Waals surface area (Å²) in [4.78, 5) is 38.2. The molecule has 0 atom stereocenters. The largest absolute Gasteiger partial charge is 0.497 e. The van der Waals surface area contributed by atoms with E-state index in [0.717, 1.165) is 31.5 Å². The van der Waals surface area contributed by atoms with Crippen molar-refractivity contribution in [3.8, 4) is 5.75 Å². The molecule has 1 heterocycles. The molecule has 1 amide bonds. The summed E-state index contributed by atoms with van der Waals surface area (Å²) in [5.41, 5.74) is 2.24. The lowest BCUT2D eigenvalue weighted by atomic mass is 10.1. The highest BCUT2D eigenvalue weighted by atomic mass is 16.5. The number of rotatable bonds is 10. The number of quaternary nitrogens is 1. The van der Waals surface area contributed by atoms with E-state index in [9.17, 15) is 14.4 Å². The number of ether oxygens (including phenoxy) is 3. The molecule has 0 radical (unpaired) electrons. The Balaban J connectivity index is 1.70. The molecule has 2 aromatic rings. The van der Waals surface area contributed by atoms with Gasteiger partial charge < -0.3 is 24.0 Å². The standard InChI is InChI=1S/C26H32N2O6/c1-4-33-26(31)22-15-21(32-3)14-19(2)25(22)27-23(29)16-28(12-8-9-13-28)17-24(30)34-18-20-10-6-5-7-11-20/h5-7,10-11,14-15H,4,8-9,12-13,16-18H2,1-3H3/p+1. The molecular formula is C26H33N2O6+. The van der Waals surface area contributed by atoms with Gasteiger partial charge in [-0.15, -0.1) is 0 Å². The fourth-order valence-corrected chi connectivity index (χ4v) is 4.33. The van der Waals surface area contributed by atoms with Crippen molar-refractivity contribution >= 4 is 23.5 Å². The number of benzene rings is 2. The molecule has 182 valence electrons. The molecule has 0 saturated carbocycles. The minimum Gasteiger partial charge on any atom is -0.497 e. The molecule has 8 heteroatoms. The third kappa shape index (κ3) is 6.57. The molecule has 0 aliphatic carbocycles. The van der Waals surface area contributed by atoms with Crippen molar-refractivity contribution in [2.75, 3.05) is 45.2 Å². The maximum absolute atomic E-state index is 13.1. The van der Waals surface area contributed by atoms with E-state index in [4.69, 9.17) is 14.2 Å². The number of carbonyl (C=O) groups is 3. The van der Waals surface area contributed by atoms with Crippen molar-refractivity contribution in [2.45, 2.75) is 33.3 Å². The average molecular weight is 470 g/mol. The second kappa shape index (κ2) is 11.7. The van der Waals surface area contributed by atoms with Crippen LogP contribution in [0.2, 0.25) is 0 Å². The molecule has 1 aliphatic heterocycles. The van der Waals surface area contributed by atoms with Gasteiger partial charge in [-0.25, -0.2) is 9.59 Å². The van der Waals surface area contributed by atoms with Crippen LogP contribution < -0.4 is 10.1 Å². The van der Waals surface area contributed by atoms with Crippen molar-refractivity contribution in [1.29, 1.82) is 0 Å². The third-order valence-corrected chi connectivity index (χ3v) is 6.01. The Labute approximate surface area is 200 Å². The molecule has 8 nitrogen and oxygen atoms in total. The summed E-state index contributed by atoms with van der Waals surface area (Å²) in [6, 6.07) is 12.8. The van der Waals surface area contributed by atoms with Crippen LogP contribution in [0.25, 0.3) is 0 Å².